The van der Waals surface area contributed by atoms with Crippen LogP contribution in [0.25, 0.3) is 0 Å². The third-order valence-corrected chi connectivity index (χ3v) is 2.82. The molecule has 0 saturated carbocycles. The van der Waals surface area contributed by atoms with Gasteiger partial charge in [-0.25, -0.2) is 13.1 Å². The number of hydrogen-bond donors (Lipinski definition) is 1. The van der Waals surface area contributed by atoms with E-state index < -0.39 is 14.9 Å². The molecule has 0 bridgehead atoms. The third kappa shape index (κ3) is 3.44. The van der Waals surface area contributed by atoms with Crippen LogP contribution in [0, 0.1) is 10.1 Å². The van der Waals surface area contributed by atoms with Crippen LogP contribution in [0.2, 0.25) is 5.02 Å². The van der Waals surface area contributed by atoms with Crippen LogP contribution < -0.4 is 4.72 Å². The summed E-state index contributed by atoms with van der Waals surface area (Å²) in [5.41, 5.74) is -0.0526. The predicted octanol–water partition coefficient (Wildman–Crippen LogP) is 1.30. The van der Waals surface area contributed by atoms with Gasteiger partial charge in [0.2, 0.25) is 10.0 Å². The van der Waals surface area contributed by atoms with Gasteiger partial charge in [0.25, 0.3) is 5.69 Å². The molecule has 0 amide bonds. The number of benzene rings is 1. The average Bonchev–Trinajstić information content (AvgIpc) is 2.13. The van der Waals surface area contributed by atoms with Crippen LogP contribution in [0.5, 0.6) is 0 Å². The maximum Gasteiger partial charge on any atom is 0.275 e. The molecule has 0 atom stereocenters. The Morgan fingerprint density at radius 1 is 1.50 bits per heavy atom. The molecule has 0 saturated heterocycles. The number of halogens is 1. The number of nitrogens with one attached hydrogen (secondary N) is 1. The minimum atomic E-state index is -3.41. The van der Waals surface area contributed by atoms with Gasteiger partial charge in [0.15, 0.2) is 0 Å². The molecule has 1 N–H and O–H groups in total. The van der Waals surface area contributed by atoms with E-state index in [9.17, 15) is 18.5 Å². The van der Waals surface area contributed by atoms with E-state index in [2.05, 4.69) is 4.72 Å². The second-order valence-electron chi connectivity index (χ2n) is 3.09. The van der Waals surface area contributed by atoms with Crippen molar-refractivity contribution in [3.05, 3.63) is 38.9 Å². The normalized spacial score (nSPS) is 11.4. The quantitative estimate of drug-likeness (QED) is 0.656. The van der Waals surface area contributed by atoms with Crippen molar-refractivity contribution in [3.8, 4) is 0 Å². The number of rotatable bonds is 4. The van der Waals surface area contributed by atoms with E-state index in [1.165, 1.54) is 18.2 Å². The largest absolute Gasteiger partial charge is 0.275 e. The van der Waals surface area contributed by atoms with Gasteiger partial charge >= 0.3 is 0 Å². The Bertz CT molecular complexity index is 515. The number of sulfonamides is 1. The van der Waals surface area contributed by atoms with Gasteiger partial charge in [-0.3, -0.25) is 10.1 Å². The molecule has 0 heterocycles. The highest BCUT2D eigenvalue weighted by Gasteiger charge is 2.17. The van der Waals surface area contributed by atoms with E-state index in [0.29, 0.717) is 0 Å². The van der Waals surface area contributed by atoms with Crippen LogP contribution in [0.3, 0.4) is 0 Å². The van der Waals surface area contributed by atoms with Crippen molar-refractivity contribution in [2.45, 2.75) is 6.54 Å². The average molecular weight is 265 g/mol. The van der Waals surface area contributed by atoms with E-state index in [1.54, 1.807) is 0 Å². The molecule has 88 valence electrons. The van der Waals surface area contributed by atoms with Crippen LogP contribution >= 0.6 is 11.6 Å². The summed E-state index contributed by atoms with van der Waals surface area (Å²) < 4.78 is 23.9. The molecule has 0 radical (unpaired) electrons. The summed E-state index contributed by atoms with van der Waals surface area (Å²) in [7, 11) is -3.41. The lowest BCUT2D eigenvalue weighted by molar-refractivity contribution is -0.385. The van der Waals surface area contributed by atoms with Crippen molar-refractivity contribution < 1.29 is 13.3 Å². The molecule has 0 aromatic heterocycles. The summed E-state index contributed by atoms with van der Waals surface area (Å²) in [6.45, 7) is -0.200. The Labute approximate surface area is 97.4 Å². The summed E-state index contributed by atoms with van der Waals surface area (Å²) in [4.78, 5) is 10.1. The monoisotopic (exact) mass is 264 g/mol. The van der Waals surface area contributed by atoms with E-state index >= 15 is 0 Å². The molecule has 0 fully saturated rings. The van der Waals surface area contributed by atoms with Crippen LogP contribution in [-0.2, 0) is 16.6 Å². The second kappa shape index (κ2) is 4.77. The number of nitro benzene ring substituents is 1. The molecular weight excluding hydrogens is 256 g/mol. The van der Waals surface area contributed by atoms with Crippen LogP contribution in [0.1, 0.15) is 5.56 Å². The number of hydrogen-bond acceptors (Lipinski definition) is 4. The second-order valence-corrected chi connectivity index (χ2v) is 5.33. The Hall–Kier alpha value is -1.18. The fraction of sp³-hybridized carbons (Fsp3) is 0.250. The highest BCUT2D eigenvalue weighted by atomic mass is 35.5. The predicted molar refractivity (Wildman–Crippen MR) is 59.8 cm³/mol. The van der Waals surface area contributed by atoms with Gasteiger partial charge in [-0.2, -0.15) is 0 Å². The van der Waals surface area contributed by atoms with Gasteiger partial charge in [0.05, 0.1) is 21.8 Å². The maximum atomic E-state index is 10.9. The van der Waals surface area contributed by atoms with Crippen molar-refractivity contribution in [2.75, 3.05) is 6.26 Å². The summed E-state index contributed by atoms with van der Waals surface area (Å²) in [5, 5.41) is 10.8. The molecule has 16 heavy (non-hydrogen) atoms. The molecule has 1 rings (SSSR count). The van der Waals surface area contributed by atoms with Crippen molar-refractivity contribution in [1.29, 1.82) is 0 Å². The number of nitrogens with zero attached hydrogens (tertiary/aromatic N) is 1. The zero-order valence-corrected chi connectivity index (χ0v) is 9.88. The first-order valence-electron chi connectivity index (χ1n) is 4.17. The summed E-state index contributed by atoms with van der Waals surface area (Å²) in [6, 6.07) is 4.17. The van der Waals surface area contributed by atoms with Crippen molar-refractivity contribution in [2.24, 2.45) is 0 Å². The van der Waals surface area contributed by atoms with Gasteiger partial charge in [-0.15, -0.1) is 0 Å². The van der Waals surface area contributed by atoms with E-state index in [1.807, 2.05) is 0 Å². The fourth-order valence-corrected chi connectivity index (χ4v) is 1.74. The Balaban J connectivity index is 3.07. The van der Waals surface area contributed by atoms with Crippen LogP contribution in [0.4, 0.5) is 5.69 Å². The van der Waals surface area contributed by atoms with Gasteiger partial charge in [-0.1, -0.05) is 17.7 Å². The molecular formula is C8H9ClN2O4S. The van der Waals surface area contributed by atoms with Crippen molar-refractivity contribution in [1.82, 2.24) is 4.72 Å². The summed E-state index contributed by atoms with van der Waals surface area (Å²) in [6.07, 6.45) is 0.968. The van der Waals surface area contributed by atoms with E-state index in [0.717, 1.165) is 6.26 Å². The molecule has 8 heteroatoms. The molecule has 0 spiro atoms. The molecule has 1 aromatic rings. The van der Waals surface area contributed by atoms with Crippen LogP contribution in [-0.4, -0.2) is 19.6 Å². The van der Waals surface area contributed by atoms with Gasteiger partial charge in [0.1, 0.15) is 0 Å². The Morgan fingerprint density at radius 2 is 2.12 bits per heavy atom. The minimum absolute atomic E-state index is 0.152. The van der Waals surface area contributed by atoms with Crippen LogP contribution in [0.15, 0.2) is 18.2 Å². The highest BCUT2D eigenvalue weighted by Crippen LogP contribution is 2.25. The first-order chi connectivity index (χ1) is 7.31. The fourth-order valence-electron chi connectivity index (χ4n) is 1.10. The summed E-state index contributed by atoms with van der Waals surface area (Å²) >= 11 is 5.76. The van der Waals surface area contributed by atoms with Crippen molar-refractivity contribution >= 4 is 27.3 Å². The lowest BCUT2D eigenvalue weighted by atomic mass is 10.2. The zero-order chi connectivity index (χ0) is 12.3. The standard InChI is InChI=1S/C8H9ClN2O4S/c1-16(14,15)10-5-6-7(9)3-2-4-8(6)11(12)13/h2-4,10H,5H2,1H3. The zero-order valence-electron chi connectivity index (χ0n) is 8.31. The van der Waals surface area contributed by atoms with Gasteiger partial charge in [-0.05, 0) is 6.07 Å². The number of nitro groups is 1. The van der Waals surface area contributed by atoms with Gasteiger partial charge in [0, 0.05) is 12.6 Å². The molecule has 6 nitrogen and oxygen atoms in total. The molecule has 0 aliphatic carbocycles. The molecule has 0 aliphatic rings. The SMILES string of the molecule is CS(=O)(=O)NCc1c(Cl)cccc1[N+](=O)[O-]. The van der Waals surface area contributed by atoms with Gasteiger partial charge < -0.3 is 0 Å². The third-order valence-electron chi connectivity index (χ3n) is 1.80. The van der Waals surface area contributed by atoms with Crippen molar-refractivity contribution in [3.63, 3.8) is 0 Å². The minimum Gasteiger partial charge on any atom is -0.258 e. The first kappa shape index (κ1) is 12.9. The Morgan fingerprint density at radius 3 is 2.62 bits per heavy atom. The smallest absolute Gasteiger partial charge is 0.258 e. The first-order valence-corrected chi connectivity index (χ1v) is 6.44. The maximum absolute atomic E-state index is 10.9. The molecule has 0 aliphatic heterocycles. The lowest BCUT2D eigenvalue weighted by Gasteiger charge is -2.05. The Kier molecular flexibility index (Phi) is 3.84. The molecule has 1 aromatic carbocycles. The van der Waals surface area contributed by atoms with E-state index in [-0.39, 0.29) is 22.8 Å². The topological polar surface area (TPSA) is 89.3 Å². The van der Waals surface area contributed by atoms with E-state index in [4.69, 9.17) is 11.6 Å². The highest BCUT2D eigenvalue weighted by molar-refractivity contribution is 7.88. The summed E-state index contributed by atoms with van der Waals surface area (Å²) in [5.74, 6) is 0. The molecule has 0 unspecified atom stereocenters. The lowest BCUT2D eigenvalue weighted by Crippen LogP contribution is -2.21.